The molecule has 4 heteroatoms. The molecule has 1 aromatic carbocycles. The van der Waals surface area contributed by atoms with Crippen LogP contribution in [0.2, 0.25) is 0 Å². The summed E-state index contributed by atoms with van der Waals surface area (Å²) in [7, 11) is -2.48. The largest absolute Gasteiger partial charge is 0.392 e. The van der Waals surface area contributed by atoms with E-state index in [9.17, 15) is 9.32 Å². The van der Waals surface area contributed by atoms with Crippen molar-refractivity contribution in [1.29, 1.82) is 0 Å². The molecule has 0 aliphatic carbocycles. The molecule has 1 aromatic rings. The molecular weight excluding hydrogens is 258 g/mol. The van der Waals surface area contributed by atoms with Crippen LogP contribution in [0.3, 0.4) is 0 Å². The summed E-state index contributed by atoms with van der Waals surface area (Å²) in [5.74, 6) is 4.35. The molecule has 0 aromatic heterocycles. The highest BCUT2D eigenvalue weighted by atomic mass is 32.2. The van der Waals surface area contributed by atoms with Crippen molar-refractivity contribution in [3.8, 4) is 0 Å². The summed E-state index contributed by atoms with van der Waals surface area (Å²) in [5, 5.41) is 9.74. The predicted molar refractivity (Wildman–Crippen MR) is 80.9 cm³/mol. The third-order valence-corrected chi connectivity index (χ3v) is 5.83. The van der Waals surface area contributed by atoms with Crippen LogP contribution in [0.15, 0.2) is 29.2 Å². The van der Waals surface area contributed by atoms with Crippen LogP contribution in [0.4, 0.5) is 0 Å². The Labute approximate surface area is 116 Å². The molecule has 1 aliphatic rings. The van der Waals surface area contributed by atoms with E-state index in [2.05, 4.69) is 25.8 Å². The van der Waals surface area contributed by atoms with Crippen molar-refractivity contribution in [2.45, 2.75) is 43.6 Å². The monoisotopic (exact) mass is 281 g/mol. The van der Waals surface area contributed by atoms with E-state index in [-0.39, 0.29) is 6.10 Å². The van der Waals surface area contributed by atoms with Crippen molar-refractivity contribution < 1.29 is 9.32 Å². The number of rotatable bonds is 3. The summed E-state index contributed by atoms with van der Waals surface area (Å²) >= 11 is 0. The maximum Gasteiger partial charge on any atom is 0.0677 e. The Morgan fingerprint density at radius 2 is 2.21 bits per heavy atom. The van der Waals surface area contributed by atoms with Gasteiger partial charge in [-0.2, -0.15) is 0 Å². The Bertz CT molecular complexity index is 537. The lowest BCUT2D eigenvalue weighted by Crippen LogP contribution is -2.41. The van der Waals surface area contributed by atoms with E-state index in [4.69, 9.17) is 0 Å². The molecule has 1 aliphatic heterocycles. The van der Waals surface area contributed by atoms with Gasteiger partial charge in [0.15, 0.2) is 0 Å². The van der Waals surface area contributed by atoms with Gasteiger partial charge in [0.1, 0.15) is 0 Å². The molecule has 1 N–H and O–H groups in total. The summed E-state index contributed by atoms with van der Waals surface area (Å²) in [6.45, 7) is 5.43. The van der Waals surface area contributed by atoms with Crippen LogP contribution in [0, 0.1) is 0 Å². The van der Waals surface area contributed by atoms with E-state index >= 15 is 0 Å². The van der Waals surface area contributed by atoms with Gasteiger partial charge in [0.2, 0.25) is 0 Å². The minimum atomic E-state index is -2.48. The van der Waals surface area contributed by atoms with Crippen LogP contribution < -0.4 is 0 Å². The Kier molecular flexibility index (Phi) is 4.33. The standard InChI is InChI=1S/C15H23NO2S/c1-12(2)13-6-4-8-15(10-13)19(3,18)16-9-5-7-14(17)11-16/h4,6,8,10,12,14,17H,3,5,7,9,11H2,1-2H3/t14-,19?/m1/s1. The van der Waals surface area contributed by atoms with Crippen LogP contribution in [0.25, 0.3) is 0 Å². The molecule has 1 unspecified atom stereocenters. The van der Waals surface area contributed by atoms with Crippen molar-refractivity contribution in [3.05, 3.63) is 29.8 Å². The fraction of sp³-hybridized carbons (Fsp3) is 0.533. The lowest BCUT2D eigenvalue weighted by Gasteiger charge is -2.32. The number of piperidine rings is 1. The summed E-state index contributed by atoms with van der Waals surface area (Å²) in [5.41, 5.74) is 1.17. The molecule has 1 fully saturated rings. The van der Waals surface area contributed by atoms with Gasteiger partial charge in [0.05, 0.1) is 15.8 Å². The molecule has 3 nitrogen and oxygen atoms in total. The summed E-state index contributed by atoms with van der Waals surface area (Å²) < 4.78 is 14.8. The smallest absolute Gasteiger partial charge is 0.0677 e. The molecule has 0 saturated carbocycles. The van der Waals surface area contributed by atoms with E-state index in [1.807, 2.05) is 22.5 Å². The minimum absolute atomic E-state index is 0.385. The molecule has 0 radical (unpaired) electrons. The van der Waals surface area contributed by atoms with Crippen LogP contribution in [0.1, 0.15) is 38.2 Å². The summed E-state index contributed by atoms with van der Waals surface area (Å²) in [6, 6.07) is 7.85. The Balaban J connectivity index is 2.31. The van der Waals surface area contributed by atoms with Gasteiger partial charge >= 0.3 is 0 Å². The minimum Gasteiger partial charge on any atom is -0.392 e. The SMILES string of the molecule is C=S(=O)(c1cccc(C(C)C)c1)N1CCC[C@@H](O)C1. The fourth-order valence-corrected chi connectivity index (χ4v) is 4.16. The van der Waals surface area contributed by atoms with Gasteiger partial charge in [0.25, 0.3) is 0 Å². The van der Waals surface area contributed by atoms with Gasteiger partial charge in [-0.25, -0.2) is 8.51 Å². The van der Waals surface area contributed by atoms with Crippen molar-refractivity contribution >= 4 is 15.6 Å². The van der Waals surface area contributed by atoms with Gasteiger partial charge in [0, 0.05) is 18.0 Å². The summed E-state index contributed by atoms with van der Waals surface area (Å²) in [6.07, 6.45) is 1.28. The van der Waals surface area contributed by atoms with Crippen molar-refractivity contribution in [2.24, 2.45) is 0 Å². The Hall–Kier alpha value is -0.840. The average molecular weight is 281 g/mol. The third kappa shape index (κ3) is 3.19. The highest BCUT2D eigenvalue weighted by molar-refractivity contribution is 7.98. The van der Waals surface area contributed by atoms with Crippen molar-refractivity contribution in [2.75, 3.05) is 13.1 Å². The second-order valence-electron chi connectivity index (χ2n) is 5.55. The number of aliphatic hydroxyl groups excluding tert-OH is 1. The summed E-state index contributed by atoms with van der Waals surface area (Å²) in [4.78, 5) is 0.771. The van der Waals surface area contributed by atoms with Crippen molar-refractivity contribution in [1.82, 2.24) is 4.31 Å². The first-order chi connectivity index (χ1) is 8.91. The Morgan fingerprint density at radius 1 is 1.47 bits per heavy atom. The van der Waals surface area contributed by atoms with Crippen LogP contribution in [0.5, 0.6) is 0 Å². The number of β-amino-alcohol motifs (C(OH)–C–C–N with tert-alkyl or cyclic N) is 1. The molecular formula is C15H23NO2S. The fourth-order valence-electron chi connectivity index (χ4n) is 2.41. The van der Waals surface area contributed by atoms with Crippen LogP contribution in [-0.2, 0) is 9.71 Å². The van der Waals surface area contributed by atoms with Gasteiger partial charge in [-0.3, -0.25) is 0 Å². The van der Waals surface area contributed by atoms with Gasteiger partial charge in [-0.1, -0.05) is 26.0 Å². The highest BCUT2D eigenvalue weighted by Crippen LogP contribution is 2.24. The molecule has 19 heavy (non-hydrogen) atoms. The molecule has 0 amide bonds. The topological polar surface area (TPSA) is 40.5 Å². The second kappa shape index (κ2) is 5.65. The molecule has 2 atom stereocenters. The first-order valence-corrected chi connectivity index (χ1v) is 8.50. The average Bonchev–Trinajstić information content (AvgIpc) is 2.39. The molecule has 1 saturated heterocycles. The number of benzene rings is 1. The zero-order chi connectivity index (χ0) is 14.0. The van der Waals surface area contributed by atoms with Gasteiger partial charge < -0.3 is 5.11 Å². The number of hydrogen-bond donors (Lipinski definition) is 1. The highest BCUT2D eigenvalue weighted by Gasteiger charge is 2.25. The molecule has 0 spiro atoms. The normalized spacial score (nSPS) is 24.3. The maximum atomic E-state index is 13.0. The zero-order valence-corrected chi connectivity index (χ0v) is 12.5. The predicted octanol–water partition coefficient (Wildman–Crippen LogP) is 2.26. The number of hydrogen-bond acceptors (Lipinski definition) is 2. The lowest BCUT2D eigenvalue weighted by molar-refractivity contribution is 0.110. The van der Waals surface area contributed by atoms with E-state index in [1.165, 1.54) is 5.56 Å². The van der Waals surface area contributed by atoms with E-state index in [1.54, 1.807) is 0 Å². The lowest BCUT2D eigenvalue weighted by atomic mass is 10.0. The number of aliphatic hydroxyl groups is 1. The van der Waals surface area contributed by atoms with Crippen molar-refractivity contribution in [3.63, 3.8) is 0 Å². The second-order valence-corrected chi connectivity index (χ2v) is 7.82. The Morgan fingerprint density at radius 3 is 2.84 bits per heavy atom. The number of nitrogens with zero attached hydrogens (tertiary/aromatic N) is 1. The third-order valence-electron chi connectivity index (χ3n) is 3.67. The van der Waals surface area contributed by atoms with E-state index in [0.29, 0.717) is 12.5 Å². The molecule has 1 heterocycles. The van der Waals surface area contributed by atoms with E-state index < -0.39 is 9.71 Å². The van der Waals surface area contributed by atoms with Gasteiger partial charge in [-0.15, -0.1) is 0 Å². The van der Waals surface area contributed by atoms with Gasteiger partial charge in [-0.05, 0) is 42.3 Å². The molecule has 0 bridgehead atoms. The molecule has 2 rings (SSSR count). The first kappa shape index (κ1) is 14.6. The maximum absolute atomic E-state index is 13.0. The zero-order valence-electron chi connectivity index (χ0n) is 11.7. The van der Waals surface area contributed by atoms with E-state index in [0.717, 1.165) is 24.3 Å². The molecule has 106 valence electrons. The van der Waals surface area contributed by atoms with Crippen LogP contribution in [-0.4, -0.2) is 38.7 Å². The van der Waals surface area contributed by atoms with Crippen LogP contribution >= 0.6 is 0 Å². The quantitative estimate of drug-likeness (QED) is 0.863. The first-order valence-electron chi connectivity index (χ1n) is 6.81.